The van der Waals surface area contributed by atoms with Crippen molar-refractivity contribution in [1.82, 2.24) is 8.87 Å². The highest BCUT2D eigenvalue weighted by molar-refractivity contribution is 7.90. The highest BCUT2D eigenvalue weighted by atomic mass is 32.2. The SMILES string of the molecule is CC[C@H]1CN2CC(O)c3c(n(S(=O)(=O)c4ccccc4)c4ccccc34)[C@@H]2CC12OCCO2. The third-order valence-electron chi connectivity index (χ3n) is 7.51. The minimum Gasteiger partial charge on any atom is -0.387 e. The molecule has 6 rings (SSSR count). The average molecular weight is 469 g/mol. The molecule has 3 atom stereocenters. The van der Waals surface area contributed by atoms with Crippen LogP contribution in [0.1, 0.15) is 43.2 Å². The molecule has 0 saturated carbocycles. The van der Waals surface area contributed by atoms with Gasteiger partial charge in [0.05, 0.1) is 41.5 Å². The molecule has 8 heteroatoms. The maximum Gasteiger partial charge on any atom is 0.268 e. The zero-order valence-corrected chi connectivity index (χ0v) is 19.4. The van der Waals surface area contributed by atoms with Gasteiger partial charge >= 0.3 is 0 Å². The van der Waals surface area contributed by atoms with Gasteiger partial charge in [-0.1, -0.05) is 43.3 Å². The predicted octanol–water partition coefficient (Wildman–Crippen LogP) is 3.44. The lowest BCUT2D eigenvalue weighted by Gasteiger charge is -2.51. The van der Waals surface area contributed by atoms with E-state index in [9.17, 15) is 13.5 Å². The van der Waals surface area contributed by atoms with E-state index in [0.717, 1.165) is 11.8 Å². The van der Waals surface area contributed by atoms with Crippen LogP contribution in [0.25, 0.3) is 10.9 Å². The van der Waals surface area contributed by atoms with E-state index in [2.05, 4.69) is 11.8 Å². The topological polar surface area (TPSA) is 81.0 Å². The Bertz CT molecular complexity index is 1300. The molecule has 1 spiro atoms. The predicted molar refractivity (Wildman–Crippen MR) is 123 cm³/mol. The zero-order chi connectivity index (χ0) is 22.8. The number of para-hydroxylation sites is 1. The number of nitrogens with zero attached hydrogens (tertiary/aromatic N) is 2. The molecule has 0 amide bonds. The maximum absolute atomic E-state index is 14.0. The zero-order valence-electron chi connectivity index (χ0n) is 18.6. The number of aliphatic hydroxyl groups is 1. The first-order valence-corrected chi connectivity index (χ1v) is 13.0. The van der Waals surface area contributed by atoms with Crippen molar-refractivity contribution in [1.29, 1.82) is 0 Å². The highest BCUT2D eigenvalue weighted by Crippen LogP contribution is 2.51. The number of aromatic nitrogens is 1. The number of ether oxygens (including phenoxy) is 2. The smallest absolute Gasteiger partial charge is 0.268 e. The summed E-state index contributed by atoms with van der Waals surface area (Å²) in [5, 5.41) is 12.0. The van der Waals surface area contributed by atoms with Crippen LogP contribution in [-0.2, 0) is 19.5 Å². The van der Waals surface area contributed by atoms with Crippen molar-refractivity contribution in [2.24, 2.45) is 5.92 Å². The summed E-state index contributed by atoms with van der Waals surface area (Å²) in [6.45, 7) is 4.36. The number of rotatable bonds is 3. The van der Waals surface area contributed by atoms with Gasteiger partial charge in [-0.25, -0.2) is 12.4 Å². The van der Waals surface area contributed by atoms with E-state index in [-0.39, 0.29) is 16.9 Å². The monoisotopic (exact) mass is 468 g/mol. The van der Waals surface area contributed by atoms with E-state index in [1.807, 2.05) is 24.3 Å². The molecule has 1 N–H and O–H groups in total. The molecule has 2 aromatic carbocycles. The van der Waals surface area contributed by atoms with E-state index in [1.54, 1.807) is 30.3 Å². The fourth-order valence-electron chi connectivity index (χ4n) is 6.04. The van der Waals surface area contributed by atoms with Gasteiger partial charge in [-0.2, -0.15) is 0 Å². The Morgan fingerprint density at radius 1 is 1.03 bits per heavy atom. The minimum absolute atomic E-state index is 0.161. The van der Waals surface area contributed by atoms with Crippen molar-refractivity contribution < 1.29 is 23.0 Å². The summed E-state index contributed by atoms with van der Waals surface area (Å²) < 4.78 is 41.8. The molecule has 0 bridgehead atoms. The maximum atomic E-state index is 14.0. The highest BCUT2D eigenvalue weighted by Gasteiger charge is 2.54. The molecule has 0 radical (unpaired) electrons. The quantitative estimate of drug-likeness (QED) is 0.634. The third kappa shape index (κ3) is 3.05. The Labute approximate surface area is 193 Å². The summed E-state index contributed by atoms with van der Waals surface area (Å²) in [5.74, 6) is -0.554. The van der Waals surface area contributed by atoms with Crippen LogP contribution in [0.4, 0.5) is 0 Å². The summed E-state index contributed by atoms with van der Waals surface area (Å²) in [6, 6.07) is 15.7. The molecule has 0 aliphatic carbocycles. The fourth-order valence-corrected chi connectivity index (χ4v) is 7.65. The van der Waals surface area contributed by atoms with E-state index < -0.39 is 21.9 Å². The summed E-state index contributed by atoms with van der Waals surface area (Å²) in [6.07, 6.45) is 0.647. The molecule has 3 aromatic rings. The Morgan fingerprint density at radius 3 is 2.45 bits per heavy atom. The van der Waals surface area contributed by atoms with E-state index in [1.165, 1.54) is 3.97 Å². The Morgan fingerprint density at radius 2 is 1.73 bits per heavy atom. The van der Waals surface area contributed by atoms with E-state index in [4.69, 9.17) is 9.47 Å². The third-order valence-corrected chi connectivity index (χ3v) is 9.25. The van der Waals surface area contributed by atoms with Gasteiger partial charge in [0.15, 0.2) is 5.79 Å². The van der Waals surface area contributed by atoms with Crippen molar-refractivity contribution >= 4 is 20.9 Å². The van der Waals surface area contributed by atoms with Crippen molar-refractivity contribution in [3.63, 3.8) is 0 Å². The molecule has 2 saturated heterocycles. The Kier molecular flexibility index (Phi) is 4.94. The average Bonchev–Trinajstić information content (AvgIpc) is 3.44. The van der Waals surface area contributed by atoms with Gasteiger partial charge in [0.2, 0.25) is 0 Å². The summed E-state index contributed by atoms with van der Waals surface area (Å²) >= 11 is 0. The Balaban J connectivity index is 1.61. The first-order valence-electron chi connectivity index (χ1n) is 11.6. The van der Waals surface area contributed by atoms with Gasteiger partial charge < -0.3 is 14.6 Å². The van der Waals surface area contributed by atoms with Crippen LogP contribution in [0.2, 0.25) is 0 Å². The van der Waals surface area contributed by atoms with Crippen LogP contribution in [0, 0.1) is 5.92 Å². The number of hydrogen-bond acceptors (Lipinski definition) is 6. The van der Waals surface area contributed by atoms with Gasteiger partial charge in [0.1, 0.15) is 0 Å². The van der Waals surface area contributed by atoms with Crippen molar-refractivity contribution in [3.8, 4) is 0 Å². The van der Waals surface area contributed by atoms with Crippen LogP contribution < -0.4 is 0 Å². The molecule has 1 unspecified atom stereocenters. The molecule has 2 fully saturated rings. The summed E-state index contributed by atoms with van der Waals surface area (Å²) in [7, 11) is -3.89. The second-order valence-corrected chi connectivity index (χ2v) is 11.0. The minimum atomic E-state index is -3.89. The first kappa shape index (κ1) is 21.3. The molecule has 174 valence electrons. The standard InChI is InChI=1S/C25H28N2O5S/c1-2-17-15-26-16-22(28)23-19-10-6-7-11-20(19)27(33(29,30)18-8-4-3-5-9-18)24(23)21(26)14-25(17)31-12-13-32-25/h3-11,17,21-22,28H,2,12-16H2,1H3/t17-,21-,22?/m0/s1. The number of aliphatic hydroxyl groups excluding tert-OH is 1. The molecule has 1 aromatic heterocycles. The van der Waals surface area contributed by atoms with Crippen LogP contribution >= 0.6 is 0 Å². The second-order valence-electron chi connectivity index (χ2n) is 9.20. The fraction of sp³-hybridized carbons (Fsp3) is 0.440. The van der Waals surface area contributed by atoms with E-state index in [0.29, 0.717) is 49.5 Å². The number of piperidine rings is 1. The molecular weight excluding hydrogens is 440 g/mol. The van der Waals surface area contributed by atoms with Gasteiger partial charge in [0, 0.05) is 36.4 Å². The molecule has 7 nitrogen and oxygen atoms in total. The number of fused-ring (bicyclic) bond motifs is 5. The molecule has 3 aliphatic heterocycles. The van der Waals surface area contributed by atoms with Crippen molar-refractivity contribution in [3.05, 3.63) is 65.9 Å². The lowest BCUT2D eigenvalue weighted by Crippen LogP contribution is -2.56. The van der Waals surface area contributed by atoms with Crippen molar-refractivity contribution in [2.75, 3.05) is 26.3 Å². The van der Waals surface area contributed by atoms with Crippen LogP contribution in [-0.4, -0.2) is 54.5 Å². The number of hydrogen-bond donors (Lipinski definition) is 1. The molecule has 3 aliphatic rings. The number of benzene rings is 2. The largest absolute Gasteiger partial charge is 0.387 e. The lowest BCUT2D eigenvalue weighted by atomic mass is 9.80. The Hall–Kier alpha value is -2.23. The van der Waals surface area contributed by atoms with E-state index >= 15 is 0 Å². The first-order chi connectivity index (χ1) is 16.0. The molecule has 4 heterocycles. The van der Waals surface area contributed by atoms with Crippen LogP contribution in [0.15, 0.2) is 59.5 Å². The van der Waals surface area contributed by atoms with Crippen molar-refractivity contribution in [2.45, 2.75) is 42.6 Å². The molecular formula is C25H28N2O5S. The van der Waals surface area contributed by atoms with Gasteiger partial charge in [-0.15, -0.1) is 0 Å². The van der Waals surface area contributed by atoms with Gasteiger partial charge in [0.25, 0.3) is 10.0 Å². The summed E-state index contributed by atoms with van der Waals surface area (Å²) in [5.41, 5.74) is 1.92. The van der Waals surface area contributed by atoms with Crippen LogP contribution in [0.5, 0.6) is 0 Å². The molecule has 33 heavy (non-hydrogen) atoms. The van der Waals surface area contributed by atoms with Gasteiger partial charge in [-0.05, 0) is 24.6 Å². The van der Waals surface area contributed by atoms with Gasteiger partial charge in [-0.3, -0.25) is 4.90 Å². The van der Waals surface area contributed by atoms with Crippen LogP contribution in [0.3, 0.4) is 0 Å². The summed E-state index contributed by atoms with van der Waals surface area (Å²) in [4.78, 5) is 2.44. The second kappa shape index (κ2) is 7.65. The normalized spacial score (nSPS) is 27.0. The lowest BCUT2D eigenvalue weighted by molar-refractivity contribution is -0.237.